The van der Waals surface area contributed by atoms with E-state index in [1.807, 2.05) is 41.3 Å². The quantitative estimate of drug-likeness (QED) is 0.450. The lowest BCUT2D eigenvalue weighted by Crippen LogP contribution is -2.48. The second-order valence-corrected chi connectivity index (χ2v) is 12.3. The summed E-state index contributed by atoms with van der Waals surface area (Å²) in [5.41, 5.74) is 3.49. The summed E-state index contributed by atoms with van der Waals surface area (Å²) in [4.78, 5) is 17.3. The summed E-state index contributed by atoms with van der Waals surface area (Å²) in [5.74, 6) is 0.0582. The van der Waals surface area contributed by atoms with Gasteiger partial charge in [-0.15, -0.1) is 0 Å². The number of carbonyl (C=O) groups excluding carboxylic acids is 1. The predicted molar refractivity (Wildman–Crippen MR) is 145 cm³/mol. The van der Waals surface area contributed by atoms with Crippen molar-refractivity contribution in [3.8, 4) is 0 Å². The van der Waals surface area contributed by atoms with Crippen LogP contribution in [0.5, 0.6) is 0 Å². The molecule has 1 fully saturated rings. The second kappa shape index (κ2) is 10.0. The fraction of sp³-hybridized carbons (Fsp3) is 0.296. The molecule has 3 aromatic rings. The first-order chi connectivity index (χ1) is 16.5. The third-order valence-corrected chi connectivity index (χ3v) is 8.10. The van der Waals surface area contributed by atoms with Gasteiger partial charge in [0.05, 0.1) is 4.90 Å². The standard InChI is InChI=1S/C27H30BrN3O3S/c1-27(2,3)21-6-4-20(5-7-21)26(32)31-18-16-30(17-19-31)24-12-10-23(11-13-24)29-35(33,34)25-14-8-22(28)9-15-25/h4-15,29H,16-19H2,1-3H3. The number of halogens is 1. The molecule has 4 rings (SSSR count). The van der Waals surface area contributed by atoms with Crippen LogP contribution in [-0.2, 0) is 15.4 Å². The number of benzene rings is 3. The van der Waals surface area contributed by atoms with Gasteiger partial charge in [0, 0.05) is 47.6 Å². The molecule has 1 aliphatic rings. The van der Waals surface area contributed by atoms with E-state index in [0.717, 1.165) is 23.2 Å². The number of rotatable bonds is 5. The van der Waals surface area contributed by atoms with E-state index in [2.05, 4.69) is 46.3 Å². The van der Waals surface area contributed by atoms with Gasteiger partial charge >= 0.3 is 0 Å². The van der Waals surface area contributed by atoms with Crippen LogP contribution < -0.4 is 9.62 Å². The van der Waals surface area contributed by atoms with E-state index in [1.54, 1.807) is 36.4 Å². The molecule has 0 bridgehead atoms. The number of nitrogens with one attached hydrogen (secondary N) is 1. The van der Waals surface area contributed by atoms with Gasteiger partial charge in [-0.2, -0.15) is 0 Å². The maximum absolute atomic E-state index is 13.0. The molecule has 184 valence electrons. The van der Waals surface area contributed by atoms with Crippen molar-refractivity contribution in [1.29, 1.82) is 0 Å². The van der Waals surface area contributed by atoms with E-state index in [4.69, 9.17) is 0 Å². The summed E-state index contributed by atoms with van der Waals surface area (Å²) in [6, 6.07) is 21.8. The van der Waals surface area contributed by atoms with Gasteiger partial charge in [0.2, 0.25) is 0 Å². The summed E-state index contributed by atoms with van der Waals surface area (Å²) in [6.07, 6.45) is 0. The summed E-state index contributed by atoms with van der Waals surface area (Å²) in [5, 5.41) is 0. The molecular formula is C27H30BrN3O3S. The first kappa shape index (κ1) is 25.3. The van der Waals surface area contributed by atoms with Crippen LogP contribution in [0.3, 0.4) is 0 Å². The Morgan fingerprint density at radius 1 is 0.829 bits per heavy atom. The van der Waals surface area contributed by atoms with E-state index in [0.29, 0.717) is 24.3 Å². The summed E-state index contributed by atoms with van der Waals surface area (Å²) in [7, 11) is -3.65. The average molecular weight is 557 g/mol. The second-order valence-electron chi connectivity index (χ2n) is 9.71. The molecule has 1 saturated heterocycles. The molecule has 0 radical (unpaired) electrons. The van der Waals surface area contributed by atoms with Crippen LogP contribution in [0, 0.1) is 0 Å². The number of hydrogen-bond acceptors (Lipinski definition) is 4. The molecule has 0 aromatic heterocycles. The number of sulfonamides is 1. The van der Waals surface area contributed by atoms with Gasteiger partial charge in [0.25, 0.3) is 15.9 Å². The molecule has 1 amide bonds. The van der Waals surface area contributed by atoms with Crippen molar-refractivity contribution in [2.75, 3.05) is 35.8 Å². The number of piperazine rings is 1. The molecule has 3 aromatic carbocycles. The van der Waals surface area contributed by atoms with Gasteiger partial charge < -0.3 is 9.80 Å². The van der Waals surface area contributed by atoms with Crippen LogP contribution in [0.25, 0.3) is 0 Å². The van der Waals surface area contributed by atoms with Gasteiger partial charge in [-0.05, 0) is 71.6 Å². The molecule has 0 aliphatic carbocycles. The van der Waals surface area contributed by atoms with Crippen molar-refractivity contribution in [1.82, 2.24) is 4.90 Å². The molecule has 0 atom stereocenters. The van der Waals surface area contributed by atoms with Crippen LogP contribution in [0.4, 0.5) is 11.4 Å². The normalized spacial score (nSPS) is 14.6. The first-order valence-electron chi connectivity index (χ1n) is 11.6. The highest BCUT2D eigenvalue weighted by atomic mass is 79.9. The van der Waals surface area contributed by atoms with E-state index >= 15 is 0 Å². The number of amides is 1. The lowest BCUT2D eigenvalue weighted by molar-refractivity contribution is 0.0746. The van der Waals surface area contributed by atoms with Crippen LogP contribution in [0.1, 0.15) is 36.7 Å². The number of anilines is 2. The molecule has 1 N–H and O–H groups in total. The van der Waals surface area contributed by atoms with Crippen LogP contribution in [-0.4, -0.2) is 45.4 Å². The summed E-state index contributed by atoms with van der Waals surface area (Å²) in [6.45, 7) is 9.19. The van der Waals surface area contributed by atoms with Crippen LogP contribution in [0.2, 0.25) is 0 Å². The van der Waals surface area contributed by atoms with Gasteiger partial charge in [-0.1, -0.05) is 48.8 Å². The minimum Gasteiger partial charge on any atom is -0.368 e. The Bertz CT molecular complexity index is 1280. The maximum Gasteiger partial charge on any atom is 0.261 e. The highest BCUT2D eigenvalue weighted by molar-refractivity contribution is 9.10. The van der Waals surface area contributed by atoms with Crippen LogP contribution in [0.15, 0.2) is 82.2 Å². The molecule has 8 heteroatoms. The van der Waals surface area contributed by atoms with E-state index in [1.165, 1.54) is 5.56 Å². The van der Waals surface area contributed by atoms with Gasteiger partial charge in [-0.3, -0.25) is 9.52 Å². The van der Waals surface area contributed by atoms with Gasteiger partial charge in [-0.25, -0.2) is 8.42 Å². The minimum atomic E-state index is -3.65. The fourth-order valence-corrected chi connectivity index (χ4v) is 5.35. The number of carbonyl (C=O) groups is 1. The van der Waals surface area contributed by atoms with E-state index in [-0.39, 0.29) is 16.2 Å². The minimum absolute atomic E-state index is 0.0570. The van der Waals surface area contributed by atoms with Crippen molar-refractivity contribution in [3.63, 3.8) is 0 Å². The maximum atomic E-state index is 13.0. The van der Waals surface area contributed by atoms with E-state index in [9.17, 15) is 13.2 Å². The Labute approximate surface area is 216 Å². The fourth-order valence-electron chi connectivity index (χ4n) is 4.03. The van der Waals surface area contributed by atoms with Gasteiger partial charge in [0.15, 0.2) is 0 Å². The predicted octanol–water partition coefficient (Wildman–Crippen LogP) is 5.51. The van der Waals surface area contributed by atoms with Crippen LogP contribution >= 0.6 is 15.9 Å². The Morgan fingerprint density at radius 2 is 1.40 bits per heavy atom. The molecule has 0 saturated carbocycles. The van der Waals surface area contributed by atoms with Gasteiger partial charge in [0.1, 0.15) is 0 Å². The molecule has 1 aliphatic heterocycles. The van der Waals surface area contributed by atoms with Crippen molar-refractivity contribution in [2.24, 2.45) is 0 Å². The Balaban J connectivity index is 1.35. The third kappa shape index (κ3) is 6.05. The number of hydrogen-bond donors (Lipinski definition) is 1. The van der Waals surface area contributed by atoms with Crippen molar-refractivity contribution in [2.45, 2.75) is 31.1 Å². The Kier molecular flexibility index (Phi) is 7.24. The van der Waals surface area contributed by atoms with Crippen molar-refractivity contribution < 1.29 is 13.2 Å². The largest absolute Gasteiger partial charge is 0.368 e. The lowest BCUT2D eigenvalue weighted by atomic mass is 9.86. The Morgan fingerprint density at radius 3 is 1.94 bits per heavy atom. The van der Waals surface area contributed by atoms with E-state index < -0.39 is 10.0 Å². The zero-order chi connectivity index (χ0) is 25.2. The Hall–Kier alpha value is -2.84. The monoisotopic (exact) mass is 555 g/mol. The first-order valence-corrected chi connectivity index (χ1v) is 13.8. The molecule has 0 unspecified atom stereocenters. The third-order valence-electron chi connectivity index (χ3n) is 6.17. The summed E-state index contributed by atoms with van der Waals surface area (Å²) >= 11 is 3.32. The zero-order valence-corrected chi connectivity index (χ0v) is 22.6. The highest BCUT2D eigenvalue weighted by Crippen LogP contribution is 2.25. The molecule has 0 spiro atoms. The molecule has 35 heavy (non-hydrogen) atoms. The lowest BCUT2D eigenvalue weighted by Gasteiger charge is -2.36. The smallest absolute Gasteiger partial charge is 0.261 e. The van der Waals surface area contributed by atoms with Crippen molar-refractivity contribution in [3.05, 3.63) is 88.4 Å². The summed E-state index contributed by atoms with van der Waals surface area (Å²) < 4.78 is 28.7. The number of nitrogens with zero attached hydrogens (tertiary/aromatic N) is 2. The highest BCUT2D eigenvalue weighted by Gasteiger charge is 2.23. The van der Waals surface area contributed by atoms with Crippen molar-refractivity contribution >= 4 is 43.2 Å². The molecule has 1 heterocycles. The molecule has 6 nitrogen and oxygen atoms in total. The topological polar surface area (TPSA) is 69.7 Å². The SMILES string of the molecule is CC(C)(C)c1ccc(C(=O)N2CCN(c3ccc(NS(=O)(=O)c4ccc(Br)cc4)cc3)CC2)cc1. The zero-order valence-electron chi connectivity index (χ0n) is 20.2. The average Bonchev–Trinajstić information content (AvgIpc) is 2.84. The molecular weight excluding hydrogens is 526 g/mol.